The van der Waals surface area contributed by atoms with Crippen molar-refractivity contribution >= 4 is 28.9 Å². The smallest absolute Gasteiger partial charge is 0.407 e. The van der Waals surface area contributed by atoms with Crippen LogP contribution < -0.4 is 16.3 Å². The second-order valence-electron chi connectivity index (χ2n) is 12.9. The SMILES string of the molecule is Cn1c(=O)n(C2CCC(=O)NC2O)c2ccc(C3CCN(C(=O)[C@H]4CC[C@H](NC(=O)OC(C)(C)C)CC4)CC3)cc21. The maximum absolute atomic E-state index is 13.3. The first-order valence-electron chi connectivity index (χ1n) is 14.9. The monoisotopic (exact) mass is 569 g/mol. The summed E-state index contributed by atoms with van der Waals surface area (Å²) in [5.74, 6) is 0.285. The molecule has 1 aromatic heterocycles. The number of piperidine rings is 2. The highest BCUT2D eigenvalue weighted by molar-refractivity contribution is 5.80. The zero-order valence-corrected chi connectivity index (χ0v) is 24.5. The van der Waals surface area contributed by atoms with Crippen LogP contribution in [0.2, 0.25) is 0 Å². The molecule has 1 saturated carbocycles. The number of hydrogen-bond donors (Lipinski definition) is 3. The van der Waals surface area contributed by atoms with E-state index in [-0.39, 0.29) is 41.8 Å². The van der Waals surface area contributed by atoms with Crippen molar-refractivity contribution in [2.45, 2.75) is 102 Å². The maximum atomic E-state index is 13.3. The Hall–Kier alpha value is -3.34. The van der Waals surface area contributed by atoms with E-state index in [1.54, 1.807) is 16.2 Å². The van der Waals surface area contributed by atoms with Gasteiger partial charge in [0.2, 0.25) is 11.8 Å². The second kappa shape index (κ2) is 11.5. The third kappa shape index (κ3) is 6.29. The Morgan fingerprint density at radius 1 is 1.00 bits per heavy atom. The van der Waals surface area contributed by atoms with E-state index in [0.717, 1.165) is 55.1 Å². The molecule has 11 nitrogen and oxygen atoms in total. The van der Waals surface area contributed by atoms with Crippen LogP contribution in [0.25, 0.3) is 11.0 Å². The molecule has 41 heavy (non-hydrogen) atoms. The Labute approximate surface area is 240 Å². The molecule has 2 saturated heterocycles. The topological polar surface area (TPSA) is 135 Å². The van der Waals surface area contributed by atoms with Crippen molar-refractivity contribution in [3.8, 4) is 0 Å². The lowest BCUT2D eigenvalue weighted by Crippen LogP contribution is -2.47. The number of aryl methyl sites for hydroxylation is 1. The zero-order chi connectivity index (χ0) is 29.5. The fraction of sp³-hybridized carbons (Fsp3) is 0.667. The van der Waals surface area contributed by atoms with Crippen LogP contribution in [0.15, 0.2) is 23.0 Å². The molecule has 0 radical (unpaired) electrons. The normalized spacial score (nSPS) is 26.1. The van der Waals surface area contributed by atoms with Crippen LogP contribution in [0, 0.1) is 5.92 Å². The Kier molecular flexibility index (Phi) is 8.18. The number of nitrogens with one attached hydrogen (secondary N) is 2. The molecule has 1 aromatic carbocycles. The maximum Gasteiger partial charge on any atom is 0.407 e. The number of likely N-dealkylation sites (tertiary alicyclic amines) is 1. The molecule has 3 fully saturated rings. The standard InChI is InChI=1S/C30H43N5O6/c1-30(2,3)41-28(39)31-21-8-5-19(6-9-21)27(38)34-15-13-18(14-16-34)20-7-10-22-24(17-20)33(4)29(40)35(22)23-11-12-25(36)32-26(23)37/h7,10,17-19,21,23,26,37H,5-6,8-9,11-16H2,1-4H3,(H,31,39)(H,32,36)/t19-,21-,23?,26?. The van der Waals surface area contributed by atoms with Gasteiger partial charge in [0.25, 0.3) is 0 Å². The third-order valence-electron chi connectivity index (χ3n) is 8.86. The highest BCUT2D eigenvalue weighted by Crippen LogP contribution is 2.34. The number of rotatable bonds is 4. The minimum Gasteiger partial charge on any atom is -0.444 e. The molecule has 0 spiro atoms. The summed E-state index contributed by atoms with van der Waals surface area (Å²) in [4.78, 5) is 52.2. The van der Waals surface area contributed by atoms with Gasteiger partial charge in [-0.05, 0) is 89.3 Å². The lowest BCUT2D eigenvalue weighted by Gasteiger charge is -2.36. The fourth-order valence-corrected chi connectivity index (χ4v) is 6.65. The van der Waals surface area contributed by atoms with Crippen molar-refractivity contribution in [1.82, 2.24) is 24.7 Å². The van der Waals surface area contributed by atoms with Gasteiger partial charge in [-0.15, -0.1) is 0 Å². The predicted octanol–water partition coefficient (Wildman–Crippen LogP) is 2.90. The van der Waals surface area contributed by atoms with Gasteiger partial charge in [-0.1, -0.05) is 6.07 Å². The van der Waals surface area contributed by atoms with Crippen molar-refractivity contribution in [3.63, 3.8) is 0 Å². The van der Waals surface area contributed by atoms with E-state index >= 15 is 0 Å². The highest BCUT2D eigenvalue weighted by Gasteiger charge is 2.34. The number of ether oxygens (including phenoxy) is 1. The molecule has 3 amide bonds. The van der Waals surface area contributed by atoms with E-state index < -0.39 is 24.0 Å². The molecule has 11 heteroatoms. The number of aliphatic hydroxyl groups excluding tert-OH is 1. The van der Waals surface area contributed by atoms with Crippen molar-refractivity contribution in [1.29, 1.82) is 0 Å². The average Bonchev–Trinajstić information content (AvgIpc) is 3.17. The molecule has 5 rings (SSSR count). The number of hydrogen-bond acceptors (Lipinski definition) is 6. The van der Waals surface area contributed by atoms with Crippen LogP contribution >= 0.6 is 0 Å². The van der Waals surface area contributed by atoms with Crippen molar-refractivity contribution < 1.29 is 24.2 Å². The molecule has 224 valence electrons. The summed E-state index contributed by atoms with van der Waals surface area (Å²) in [6.07, 6.45) is 3.96. The molecule has 2 atom stereocenters. The number of alkyl carbamates (subject to hydrolysis) is 1. The summed E-state index contributed by atoms with van der Waals surface area (Å²) in [6.45, 7) is 6.93. The largest absolute Gasteiger partial charge is 0.444 e. The lowest BCUT2D eigenvalue weighted by atomic mass is 9.84. The van der Waals surface area contributed by atoms with Gasteiger partial charge in [-0.25, -0.2) is 9.59 Å². The summed E-state index contributed by atoms with van der Waals surface area (Å²) in [7, 11) is 1.73. The molecule has 0 bridgehead atoms. The predicted molar refractivity (Wildman–Crippen MR) is 153 cm³/mol. The summed E-state index contributed by atoms with van der Waals surface area (Å²) in [5, 5.41) is 15.9. The van der Waals surface area contributed by atoms with E-state index in [1.165, 1.54) is 0 Å². The molecule has 2 unspecified atom stereocenters. The summed E-state index contributed by atoms with van der Waals surface area (Å²) in [5.41, 5.74) is 1.94. The fourth-order valence-electron chi connectivity index (χ4n) is 6.65. The Bertz CT molecular complexity index is 1360. The van der Waals surface area contributed by atoms with E-state index in [1.807, 2.05) is 37.8 Å². The van der Waals surface area contributed by atoms with Crippen LogP contribution in [0.3, 0.4) is 0 Å². The van der Waals surface area contributed by atoms with Gasteiger partial charge in [0.1, 0.15) is 11.8 Å². The van der Waals surface area contributed by atoms with Gasteiger partial charge >= 0.3 is 11.8 Å². The molecule has 3 aliphatic rings. The molecule has 1 aliphatic carbocycles. The minimum absolute atomic E-state index is 0.00574. The van der Waals surface area contributed by atoms with Crippen molar-refractivity contribution in [3.05, 3.63) is 34.2 Å². The number of aliphatic hydroxyl groups is 1. The van der Waals surface area contributed by atoms with Crippen LogP contribution in [-0.2, 0) is 21.4 Å². The summed E-state index contributed by atoms with van der Waals surface area (Å²) >= 11 is 0. The molecule has 3 N–H and O–H groups in total. The van der Waals surface area contributed by atoms with Crippen LogP contribution in [0.1, 0.15) is 89.7 Å². The van der Waals surface area contributed by atoms with Gasteiger partial charge in [-0.3, -0.25) is 18.7 Å². The number of imidazole rings is 1. The summed E-state index contributed by atoms with van der Waals surface area (Å²) < 4.78 is 8.57. The van der Waals surface area contributed by atoms with E-state index in [2.05, 4.69) is 16.7 Å². The quantitative estimate of drug-likeness (QED) is 0.518. The molecule has 2 aliphatic heterocycles. The Morgan fingerprint density at radius 2 is 1.68 bits per heavy atom. The molecular weight excluding hydrogens is 526 g/mol. The molecule has 3 heterocycles. The molecular formula is C30H43N5O6. The third-order valence-corrected chi connectivity index (χ3v) is 8.86. The first-order chi connectivity index (χ1) is 19.4. The van der Waals surface area contributed by atoms with Gasteiger partial charge in [0, 0.05) is 38.5 Å². The van der Waals surface area contributed by atoms with Gasteiger partial charge in [0.05, 0.1) is 17.1 Å². The zero-order valence-electron chi connectivity index (χ0n) is 24.5. The summed E-state index contributed by atoms with van der Waals surface area (Å²) in [6, 6.07) is 5.58. The van der Waals surface area contributed by atoms with Gasteiger partial charge in [0.15, 0.2) is 0 Å². The number of aromatic nitrogens is 2. The highest BCUT2D eigenvalue weighted by atomic mass is 16.6. The first-order valence-corrected chi connectivity index (χ1v) is 14.9. The molecule has 2 aromatic rings. The van der Waals surface area contributed by atoms with Gasteiger partial charge < -0.3 is 25.4 Å². The van der Waals surface area contributed by atoms with E-state index in [4.69, 9.17) is 4.74 Å². The van der Waals surface area contributed by atoms with Crippen LogP contribution in [0.5, 0.6) is 0 Å². The number of amides is 3. The first kappa shape index (κ1) is 29.2. The number of carbonyl (C=O) groups is 3. The Morgan fingerprint density at radius 3 is 2.32 bits per heavy atom. The lowest BCUT2D eigenvalue weighted by molar-refractivity contribution is -0.137. The van der Waals surface area contributed by atoms with E-state index in [9.17, 15) is 24.3 Å². The number of benzene rings is 1. The van der Waals surface area contributed by atoms with Crippen molar-refractivity contribution in [2.75, 3.05) is 13.1 Å². The number of nitrogens with zero attached hydrogens (tertiary/aromatic N) is 3. The second-order valence-corrected chi connectivity index (χ2v) is 12.9. The number of carbonyl (C=O) groups excluding carboxylic acids is 3. The average molecular weight is 570 g/mol. The number of fused-ring (bicyclic) bond motifs is 1. The minimum atomic E-state index is -1.10. The Balaban J connectivity index is 1.17. The van der Waals surface area contributed by atoms with Crippen LogP contribution in [0.4, 0.5) is 4.79 Å². The van der Waals surface area contributed by atoms with Gasteiger partial charge in [-0.2, -0.15) is 0 Å². The van der Waals surface area contributed by atoms with Crippen LogP contribution in [-0.4, -0.2) is 68.0 Å². The van der Waals surface area contributed by atoms with E-state index in [0.29, 0.717) is 19.5 Å². The van der Waals surface area contributed by atoms with Crippen molar-refractivity contribution in [2.24, 2.45) is 13.0 Å².